The summed E-state index contributed by atoms with van der Waals surface area (Å²) in [6, 6.07) is 23.6. The van der Waals surface area contributed by atoms with Gasteiger partial charge < -0.3 is 4.74 Å². The molecule has 0 unspecified atom stereocenters. The van der Waals surface area contributed by atoms with E-state index in [0.717, 1.165) is 27.9 Å². The minimum atomic E-state index is -0.0523. The van der Waals surface area contributed by atoms with Crippen molar-refractivity contribution in [3.05, 3.63) is 112 Å². The molecule has 4 aromatic rings. The van der Waals surface area contributed by atoms with Gasteiger partial charge in [0.2, 0.25) is 0 Å². The first-order chi connectivity index (χ1) is 15.1. The van der Waals surface area contributed by atoms with Crippen molar-refractivity contribution in [1.82, 2.24) is 9.97 Å². The van der Waals surface area contributed by atoms with E-state index >= 15 is 0 Å². The number of nitrogens with zero attached hydrogens (tertiary/aromatic N) is 2. The minimum absolute atomic E-state index is 0.0523. The van der Waals surface area contributed by atoms with Crippen molar-refractivity contribution in [1.29, 1.82) is 0 Å². The first-order valence-corrected chi connectivity index (χ1v) is 10.8. The Bertz CT molecular complexity index is 1190. The van der Waals surface area contributed by atoms with Gasteiger partial charge in [0.15, 0.2) is 5.78 Å². The van der Waals surface area contributed by atoms with Crippen molar-refractivity contribution in [3.8, 4) is 16.9 Å². The zero-order valence-electron chi connectivity index (χ0n) is 17.1. The van der Waals surface area contributed by atoms with Gasteiger partial charge in [0.25, 0.3) is 0 Å². The number of pyridine rings is 2. The molecular weight excluding hydrogens is 452 g/mol. The minimum Gasteiger partial charge on any atom is -0.486 e. The molecule has 5 heteroatoms. The second-order valence-corrected chi connectivity index (χ2v) is 8.02. The normalized spacial score (nSPS) is 10.6. The number of benzene rings is 2. The van der Waals surface area contributed by atoms with Gasteiger partial charge in [0, 0.05) is 24.9 Å². The molecule has 0 aliphatic rings. The average Bonchev–Trinajstić information content (AvgIpc) is 2.81. The van der Waals surface area contributed by atoms with Gasteiger partial charge in [-0.2, -0.15) is 0 Å². The third-order valence-corrected chi connectivity index (χ3v) is 5.68. The Balaban J connectivity index is 1.53. The van der Waals surface area contributed by atoms with Gasteiger partial charge in [-0.1, -0.05) is 54.6 Å². The van der Waals surface area contributed by atoms with Gasteiger partial charge in [-0.3, -0.25) is 14.8 Å². The highest BCUT2D eigenvalue weighted by molar-refractivity contribution is 9.10. The molecular formula is C26H21BrN2O2. The lowest BCUT2D eigenvalue weighted by Gasteiger charge is -2.12. The van der Waals surface area contributed by atoms with Crippen LogP contribution in [-0.4, -0.2) is 15.8 Å². The Morgan fingerprint density at radius 1 is 0.968 bits per heavy atom. The van der Waals surface area contributed by atoms with Crippen molar-refractivity contribution in [2.24, 2.45) is 0 Å². The van der Waals surface area contributed by atoms with Gasteiger partial charge in [-0.05, 0) is 57.2 Å². The van der Waals surface area contributed by atoms with Crippen molar-refractivity contribution in [2.75, 3.05) is 0 Å². The molecule has 0 aliphatic heterocycles. The largest absolute Gasteiger partial charge is 0.486 e. The summed E-state index contributed by atoms with van der Waals surface area (Å²) in [6.07, 6.45) is 3.61. The Hall–Kier alpha value is -3.31. The topological polar surface area (TPSA) is 52.1 Å². The van der Waals surface area contributed by atoms with Crippen LogP contribution >= 0.6 is 15.9 Å². The lowest BCUT2D eigenvalue weighted by Crippen LogP contribution is -2.08. The number of ether oxygens (including phenoxy) is 1. The molecule has 0 saturated carbocycles. The summed E-state index contributed by atoms with van der Waals surface area (Å²) in [6.45, 7) is 2.37. The molecule has 2 aromatic heterocycles. The van der Waals surface area contributed by atoms with Crippen LogP contribution < -0.4 is 4.74 Å². The van der Waals surface area contributed by atoms with Crippen LogP contribution in [0.2, 0.25) is 0 Å². The van der Waals surface area contributed by atoms with E-state index in [4.69, 9.17) is 4.74 Å². The number of aromatic nitrogens is 2. The van der Waals surface area contributed by atoms with Crippen LogP contribution in [0.5, 0.6) is 5.75 Å². The van der Waals surface area contributed by atoms with E-state index in [1.807, 2.05) is 48.5 Å². The van der Waals surface area contributed by atoms with Crippen LogP contribution in [0.25, 0.3) is 11.1 Å². The maximum atomic E-state index is 13.0. The number of carbonyl (C=O) groups is 1. The second-order valence-electron chi connectivity index (χ2n) is 7.17. The van der Waals surface area contributed by atoms with Crippen LogP contribution in [0.1, 0.15) is 27.3 Å². The quantitative estimate of drug-likeness (QED) is 0.299. The predicted molar refractivity (Wildman–Crippen MR) is 125 cm³/mol. The van der Waals surface area contributed by atoms with Crippen molar-refractivity contribution < 1.29 is 9.53 Å². The number of hydrogen-bond donors (Lipinski definition) is 0. The molecule has 4 rings (SSSR count). The molecule has 4 nitrogen and oxygen atoms in total. The van der Waals surface area contributed by atoms with E-state index in [1.54, 1.807) is 18.5 Å². The third-order valence-electron chi connectivity index (χ3n) is 5.09. The van der Waals surface area contributed by atoms with E-state index in [1.165, 1.54) is 0 Å². The van der Waals surface area contributed by atoms with Crippen molar-refractivity contribution >= 4 is 21.7 Å². The summed E-state index contributed by atoms with van der Waals surface area (Å²) in [4.78, 5) is 21.6. The van der Waals surface area contributed by atoms with Crippen LogP contribution in [-0.2, 0) is 13.0 Å². The Morgan fingerprint density at radius 3 is 2.55 bits per heavy atom. The Kier molecular flexibility index (Phi) is 6.53. The van der Waals surface area contributed by atoms with Crippen molar-refractivity contribution in [2.45, 2.75) is 20.0 Å². The fourth-order valence-electron chi connectivity index (χ4n) is 3.39. The monoisotopic (exact) mass is 472 g/mol. The highest BCUT2D eigenvalue weighted by atomic mass is 79.9. The Labute approximate surface area is 190 Å². The standard InChI is InChI=1S/C26H21BrN2O2/c1-18-20(10-7-12-22(18)19-8-3-2-4-9-19)14-25(30)24-15-26(23(27)16-29-24)31-17-21-11-5-6-13-28-21/h2-13,15-16H,14,17H2,1H3. The second kappa shape index (κ2) is 9.67. The molecule has 154 valence electrons. The summed E-state index contributed by atoms with van der Waals surface area (Å²) in [5.74, 6) is 0.516. The molecule has 0 atom stereocenters. The molecule has 2 heterocycles. The van der Waals surface area contributed by atoms with Gasteiger partial charge in [0.05, 0.1) is 10.2 Å². The molecule has 0 saturated heterocycles. The van der Waals surface area contributed by atoms with Crippen LogP contribution in [0, 0.1) is 6.92 Å². The van der Waals surface area contributed by atoms with Crippen LogP contribution in [0.3, 0.4) is 0 Å². The highest BCUT2D eigenvalue weighted by Gasteiger charge is 2.15. The van der Waals surface area contributed by atoms with Gasteiger partial charge in [-0.15, -0.1) is 0 Å². The van der Waals surface area contributed by atoms with E-state index < -0.39 is 0 Å². The zero-order valence-corrected chi connectivity index (χ0v) is 18.7. The molecule has 0 N–H and O–H groups in total. The maximum Gasteiger partial charge on any atom is 0.185 e. The average molecular weight is 473 g/mol. The summed E-state index contributed by atoms with van der Waals surface area (Å²) in [7, 11) is 0. The number of hydrogen-bond acceptors (Lipinski definition) is 4. The molecule has 0 fully saturated rings. The van der Waals surface area contributed by atoms with E-state index in [0.29, 0.717) is 22.5 Å². The lowest BCUT2D eigenvalue weighted by atomic mass is 9.93. The first-order valence-electron chi connectivity index (χ1n) is 9.97. The van der Waals surface area contributed by atoms with E-state index in [9.17, 15) is 4.79 Å². The summed E-state index contributed by atoms with van der Waals surface area (Å²) in [5.41, 5.74) is 5.56. The number of halogens is 1. The Morgan fingerprint density at radius 2 is 1.77 bits per heavy atom. The van der Waals surface area contributed by atoms with Crippen LogP contribution in [0.4, 0.5) is 0 Å². The highest BCUT2D eigenvalue weighted by Crippen LogP contribution is 2.28. The lowest BCUT2D eigenvalue weighted by molar-refractivity contribution is 0.0987. The first kappa shape index (κ1) is 20.9. The number of ketones is 1. The number of rotatable bonds is 7. The third kappa shape index (κ3) is 5.06. The zero-order chi connectivity index (χ0) is 21.6. The fourth-order valence-corrected chi connectivity index (χ4v) is 3.72. The van der Waals surface area contributed by atoms with Crippen molar-refractivity contribution in [3.63, 3.8) is 0 Å². The molecule has 31 heavy (non-hydrogen) atoms. The van der Waals surface area contributed by atoms with Gasteiger partial charge in [0.1, 0.15) is 18.1 Å². The predicted octanol–water partition coefficient (Wildman–Crippen LogP) is 6.22. The smallest absolute Gasteiger partial charge is 0.185 e. The number of Topliss-reactive ketones (excluding diaryl/α,β-unsaturated/α-hetero) is 1. The van der Waals surface area contributed by atoms with E-state index in [2.05, 4.69) is 51.0 Å². The molecule has 0 spiro atoms. The van der Waals surface area contributed by atoms with Crippen LogP contribution in [0.15, 0.2) is 89.7 Å². The molecule has 2 aromatic carbocycles. The molecule has 0 bridgehead atoms. The number of carbonyl (C=O) groups excluding carboxylic acids is 1. The van der Waals surface area contributed by atoms with Gasteiger partial charge >= 0.3 is 0 Å². The van der Waals surface area contributed by atoms with Gasteiger partial charge in [-0.25, -0.2) is 0 Å². The molecule has 0 aliphatic carbocycles. The summed E-state index contributed by atoms with van der Waals surface area (Å²) in [5, 5.41) is 0. The summed E-state index contributed by atoms with van der Waals surface area (Å²) >= 11 is 3.45. The SMILES string of the molecule is Cc1c(CC(=O)c2cc(OCc3ccccn3)c(Br)cn2)cccc1-c1ccccc1. The van der Waals surface area contributed by atoms with E-state index in [-0.39, 0.29) is 12.2 Å². The summed E-state index contributed by atoms with van der Waals surface area (Å²) < 4.78 is 6.56. The fraction of sp³-hybridized carbons (Fsp3) is 0.115. The molecule has 0 radical (unpaired) electrons. The maximum absolute atomic E-state index is 13.0. The molecule has 0 amide bonds.